The number of carbonyl (C=O) groups is 2. The van der Waals surface area contributed by atoms with Crippen LogP contribution in [0.15, 0.2) is 33.7 Å². The van der Waals surface area contributed by atoms with Gasteiger partial charge in [0, 0.05) is 43.1 Å². The van der Waals surface area contributed by atoms with Gasteiger partial charge < -0.3 is 19.9 Å². The number of benzene rings is 1. The quantitative estimate of drug-likeness (QED) is 0.808. The summed E-state index contributed by atoms with van der Waals surface area (Å²) in [5.41, 5.74) is 0.0520. The Hall–Kier alpha value is -2.39. The van der Waals surface area contributed by atoms with E-state index in [0.29, 0.717) is 43.5 Å². The van der Waals surface area contributed by atoms with Crippen LogP contribution in [0.2, 0.25) is 0 Å². The smallest absolute Gasteiger partial charge is 0.252 e. The normalized spacial score (nSPS) is 21.3. The van der Waals surface area contributed by atoms with Crippen LogP contribution in [0.5, 0.6) is 0 Å². The number of hydrogen-bond acceptors (Lipinski definition) is 7. The zero-order valence-electron chi connectivity index (χ0n) is 15.6. The fourth-order valence-corrected chi connectivity index (χ4v) is 4.59. The number of nitrogens with zero attached hydrogens (tertiary/aromatic N) is 2. The molecule has 0 saturated carbocycles. The molecule has 1 fully saturated rings. The van der Waals surface area contributed by atoms with Crippen LogP contribution in [-0.4, -0.2) is 40.9 Å². The van der Waals surface area contributed by atoms with E-state index in [4.69, 9.17) is 9.26 Å². The second kappa shape index (κ2) is 7.92. The van der Waals surface area contributed by atoms with Gasteiger partial charge in [0.25, 0.3) is 5.89 Å². The third-order valence-electron chi connectivity index (χ3n) is 5.05. The van der Waals surface area contributed by atoms with E-state index < -0.39 is 11.5 Å². The van der Waals surface area contributed by atoms with Crippen LogP contribution in [-0.2, 0) is 19.9 Å². The third-order valence-corrected chi connectivity index (χ3v) is 6.29. The van der Waals surface area contributed by atoms with Crippen molar-refractivity contribution in [3.8, 4) is 0 Å². The van der Waals surface area contributed by atoms with Crippen LogP contribution >= 0.6 is 11.8 Å². The van der Waals surface area contributed by atoms with Crippen molar-refractivity contribution in [2.75, 3.05) is 24.3 Å². The van der Waals surface area contributed by atoms with Gasteiger partial charge in [-0.05, 0) is 19.1 Å². The van der Waals surface area contributed by atoms with E-state index in [1.54, 1.807) is 18.7 Å². The Morgan fingerprint density at radius 3 is 2.89 bits per heavy atom. The molecule has 28 heavy (non-hydrogen) atoms. The maximum Gasteiger partial charge on any atom is 0.252 e. The second-order valence-corrected chi connectivity index (χ2v) is 8.15. The Labute approximate surface area is 166 Å². The molecule has 2 aromatic rings. The molecule has 2 aliphatic heterocycles. The number of thioether (sulfide) groups is 1. The Morgan fingerprint density at radius 1 is 1.36 bits per heavy atom. The summed E-state index contributed by atoms with van der Waals surface area (Å²) in [5, 5.41) is 9.85. The van der Waals surface area contributed by atoms with Gasteiger partial charge in [0.2, 0.25) is 11.8 Å². The molecule has 9 heteroatoms. The van der Waals surface area contributed by atoms with Crippen molar-refractivity contribution in [3.05, 3.63) is 36.0 Å². The highest BCUT2D eigenvalue weighted by molar-refractivity contribution is 7.99. The van der Waals surface area contributed by atoms with E-state index in [1.807, 2.05) is 24.3 Å². The molecule has 8 nitrogen and oxygen atoms in total. The van der Waals surface area contributed by atoms with Gasteiger partial charge in [0.15, 0.2) is 5.82 Å². The summed E-state index contributed by atoms with van der Waals surface area (Å²) in [5.74, 6) is 0.707. The number of nitrogens with one attached hydrogen (secondary N) is 2. The Morgan fingerprint density at radius 2 is 2.14 bits per heavy atom. The van der Waals surface area contributed by atoms with Gasteiger partial charge >= 0.3 is 0 Å². The molecule has 0 bridgehead atoms. The fourth-order valence-electron chi connectivity index (χ4n) is 3.49. The van der Waals surface area contributed by atoms with E-state index in [9.17, 15) is 9.59 Å². The monoisotopic (exact) mass is 402 g/mol. The van der Waals surface area contributed by atoms with Crippen LogP contribution in [0.25, 0.3) is 0 Å². The van der Waals surface area contributed by atoms with Gasteiger partial charge in [0.05, 0.1) is 11.6 Å². The predicted molar refractivity (Wildman–Crippen MR) is 103 cm³/mol. The summed E-state index contributed by atoms with van der Waals surface area (Å²) in [7, 11) is 0. The van der Waals surface area contributed by atoms with Crippen LogP contribution in [0.1, 0.15) is 31.0 Å². The van der Waals surface area contributed by atoms with Crippen LogP contribution in [0.3, 0.4) is 0 Å². The molecule has 0 aliphatic carbocycles. The van der Waals surface area contributed by atoms with Gasteiger partial charge in [-0.15, -0.1) is 11.8 Å². The first-order valence-electron chi connectivity index (χ1n) is 9.28. The molecule has 2 N–H and O–H groups in total. The Bertz CT molecular complexity index is 878. The predicted octanol–water partition coefficient (Wildman–Crippen LogP) is 2.25. The van der Waals surface area contributed by atoms with Gasteiger partial charge in [-0.1, -0.05) is 17.3 Å². The highest BCUT2D eigenvalue weighted by atomic mass is 32.2. The van der Waals surface area contributed by atoms with Crippen LogP contribution in [0, 0.1) is 12.8 Å². The van der Waals surface area contributed by atoms with Gasteiger partial charge in [-0.25, -0.2) is 0 Å². The highest BCUT2D eigenvalue weighted by Gasteiger charge is 2.41. The SMILES string of the molecule is Cc1noc(C2(NC(=O)CC3CSc4ccccc4NC3=O)CCOCC2)n1. The molecule has 2 aliphatic rings. The summed E-state index contributed by atoms with van der Waals surface area (Å²) in [6.45, 7) is 2.74. The van der Waals surface area contributed by atoms with Crippen molar-refractivity contribution >= 4 is 29.3 Å². The van der Waals surface area contributed by atoms with Gasteiger partial charge in [-0.3, -0.25) is 9.59 Å². The lowest BCUT2D eigenvalue weighted by atomic mass is 9.89. The molecular weight excluding hydrogens is 380 g/mol. The lowest BCUT2D eigenvalue weighted by Gasteiger charge is -2.34. The zero-order valence-corrected chi connectivity index (χ0v) is 16.4. The fraction of sp³-hybridized carbons (Fsp3) is 0.474. The van der Waals surface area contributed by atoms with E-state index in [2.05, 4.69) is 20.8 Å². The van der Waals surface area contributed by atoms with Crippen LogP contribution in [0.4, 0.5) is 5.69 Å². The van der Waals surface area contributed by atoms with Gasteiger partial charge in [0.1, 0.15) is 5.54 Å². The number of rotatable bonds is 4. The molecule has 1 saturated heterocycles. The average molecular weight is 402 g/mol. The molecule has 148 valence electrons. The standard InChI is InChI=1S/C19H22N4O4S/c1-12-20-18(27-23-12)19(6-8-26-9-7-19)22-16(24)10-13-11-28-15-5-3-2-4-14(15)21-17(13)25/h2-5,13H,6-11H2,1H3,(H,21,25)(H,22,24). The third kappa shape index (κ3) is 3.90. The largest absolute Gasteiger partial charge is 0.381 e. The van der Waals surface area contributed by atoms with E-state index in [0.717, 1.165) is 10.6 Å². The summed E-state index contributed by atoms with van der Waals surface area (Å²) in [4.78, 5) is 30.8. The molecular formula is C19H22N4O4S. The van der Waals surface area contributed by atoms with E-state index in [1.165, 1.54) is 0 Å². The van der Waals surface area contributed by atoms with Gasteiger partial charge in [-0.2, -0.15) is 4.98 Å². The number of aryl methyl sites for hydroxylation is 1. The summed E-state index contributed by atoms with van der Waals surface area (Å²) in [6.07, 6.45) is 1.21. The molecule has 1 aromatic carbocycles. The number of carbonyl (C=O) groups excluding carboxylic acids is 2. The molecule has 1 aromatic heterocycles. The maximum absolute atomic E-state index is 12.9. The molecule has 2 amide bonds. The molecule has 1 unspecified atom stereocenters. The Kier molecular flexibility index (Phi) is 5.36. The van der Waals surface area contributed by atoms with Crippen molar-refractivity contribution in [3.63, 3.8) is 0 Å². The van der Waals surface area contributed by atoms with Crippen molar-refractivity contribution in [2.45, 2.75) is 36.6 Å². The summed E-state index contributed by atoms with van der Waals surface area (Å²) < 4.78 is 10.8. The minimum Gasteiger partial charge on any atom is -0.381 e. The maximum atomic E-state index is 12.9. The molecule has 1 atom stereocenters. The number of para-hydroxylation sites is 1. The number of ether oxygens (including phenoxy) is 1. The minimum absolute atomic E-state index is 0.0998. The van der Waals surface area contributed by atoms with Crippen molar-refractivity contribution < 1.29 is 18.8 Å². The topological polar surface area (TPSA) is 106 Å². The first-order chi connectivity index (χ1) is 13.6. The van der Waals surface area contributed by atoms with Crippen molar-refractivity contribution in [1.29, 1.82) is 0 Å². The first-order valence-corrected chi connectivity index (χ1v) is 10.3. The molecule has 4 rings (SSSR count). The number of aromatic nitrogens is 2. The number of fused-ring (bicyclic) bond motifs is 1. The van der Waals surface area contributed by atoms with E-state index in [-0.39, 0.29) is 18.2 Å². The number of anilines is 1. The van der Waals surface area contributed by atoms with Crippen molar-refractivity contribution in [1.82, 2.24) is 15.5 Å². The number of amides is 2. The summed E-state index contributed by atoms with van der Waals surface area (Å²) in [6, 6.07) is 7.66. The first kappa shape index (κ1) is 18.9. The molecule has 0 radical (unpaired) electrons. The lowest BCUT2D eigenvalue weighted by molar-refractivity contribution is -0.129. The minimum atomic E-state index is -0.742. The van der Waals surface area contributed by atoms with Crippen molar-refractivity contribution in [2.24, 2.45) is 5.92 Å². The Balaban J connectivity index is 1.46. The van der Waals surface area contributed by atoms with E-state index >= 15 is 0 Å². The highest BCUT2D eigenvalue weighted by Crippen LogP contribution is 2.34. The second-order valence-electron chi connectivity index (χ2n) is 7.09. The average Bonchev–Trinajstić information content (AvgIpc) is 3.07. The lowest BCUT2D eigenvalue weighted by Crippen LogP contribution is -2.50. The zero-order chi connectivity index (χ0) is 19.6. The molecule has 0 spiro atoms. The van der Waals surface area contributed by atoms with Crippen LogP contribution < -0.4 is 10.6 Å². The number of hydrogen-bond donors (Lipinski definition) is 2. The summed E-state index contributed by atoms with van der Waals surface area (Å²) >= 11 is 1.58. The molecule has 3 heterocycles.